The van der Waals surface area contributed by atoms with Crippen LogP contribution in [-0.4, -0.2) is 10.5 Å². The van der Waals surface area contributed by atoms with Gasteiger partial charge in [0.2, 0.25) is 0 Å². The average Bonchev–Trinajstić information content (AvgIpc) is 1.78. The van der Waals surface area contributed by atoms with E-state index in [0.717, 1.165) is 0 Å². The summed E-state index contributed by atoms with van der Waals surface area (Å²) in [6.45, 7) is 4.00. The van der Waals surface area contributed by atoms with Gasteiger partial charge in [0.25, 0.3) is 0 Å². The molecular formula is C4H17NO4. The first-order valence-electron chi connectivity index (χ1n) is 1.57. The molecule has 62 valence electrons. The molecule has 0 spiro atoms. The van der Waals surface area contributed by atoms with Gasteiger partial charge in [-0.1, -0.05) is 39.3 Å². The van der Waals surface area contributed by atoms with Crippen molar-refractivity contribution < 1.29 is 15.6 Å². The van der Waals surface area contributed by atoms with Crippen LogP contribution in [0.5, 0.6) is 0 Å². The number of rotatable bonds is 0. The van der Waals surface area contributed by atoms with Crippen LogP contribution in [0.3, 0.4) is 0 Å². The third kappa shape index (κ3) is 831. The Morgan fingerprint density at radius 1 is 1.11 bits per heavy atom. The van der Waals surface area contributed by atoms with Gasteiger partial charge in [-0.05, 0) is 0 Å². The van der Waals surface area contributed by atoms with Crippen molar-refractivity contribution in [2.75, 3.05) is 0 Å². The highest BCUT2D eigenvalue weighted by atomic mass is 17.4. The first-order valence-corrected chi connectivity index (χ1v) is 1.57. The molecule has 0 radical (unpaired) electrons. The zero-order valence-corrected chi connectivity index (χ0v) is 4.21. The summed E-state index contributed by atoms with van der Waals surface area (Å²) in [5, 5.41) is 15.5. The Kier molecular flexibility index (Phi) is 5930. The van der Waals surface area contributed by atoms with Crippen LogP contribution in [0.15, 0.2) is 0 Å². The molecule has 0 saturated heterocycles. The summed E-state index contributed by atoms with van der Waals surface area (Å²) in [5.41, 5.74) is 4.50. The van der Waals surface area contributed by atoms with Crippen molar-refractivity contribution in [3.05, 3.63) is 4.91 Å². The third-order valence-corrected chi connectivity index (χ3v) is 0. The average molecular weight is 143 g/mol. The molecule has 0 fully saturated rings. The fraction of sp³-hybridized carbons (Fsp3) is 1.00. The lowest BCUT2D eigenvalue weighted by molar-refractivity contribution is -0.465. The van der Waals surface area contributed by atoms with E-state index in [9.17, 15) is 0 Å². The maximum atomic E-state index is 7.50. The van der Waals surface area contributed by atoms with Crippen LogP contribution in [0, 0.1) is 10.5 Å². The zero-order chi connectivity index (χ0) is 6.71. The summed E-state index contributed by atoms with van der Waals surface area (Å²) < 4.78 is 0. The van der Waals surface area contributed by atoms with E-state index in [1.54, 1.807) is 0 Å². The highest BCUT2D eigenvalue weighted by Crippen LogP contribution is 1.24. The molecule has 0 aromatic rings. The van der Waals surface area contributed by atoms with Crippen molar-refractivity contribution in [1.82, 2.24) is 0 Å². The number of nitroso groups, excluding NO2 is 1. The Balaban J connectivity index is -0.00000000825. The fourth-order valence-corrected chi connectivity index (χ4v) is 0. The van der Waals surface area contributed by atoms with Gasteiger partial charge in [-0.2, -0.15) is 4.91 Å². The van der Waals surface area contributed by atoms with Gasteiger partial charge in [-0.25, -0.2) is 10.5 Å². The van der Waals surface area contributed by atoms with E-state index in [4.69, 9.17) is 15.4 Å². The van der Waals surface area contributed by atoms with E-state index in [0.29, 0.717) is 0 Å². The van der Waals surface area contributed by atoms with Gasteiger partial charge < -0.3 is 0 Å². The van der Waals surface area contributed by atoms with Crippen molar-refractivity contribution >= 4 is 0 Å². The molecular weight excluding hydrogens is 126 g/mol. The van der Waals surface area contributed by atoms with E-state index < -0.39 is 0 Å². The maximum Gasteiger partial charge on any atom is -0.0683 e. The molecule has 0 heterocycles. The van der Waals surface area contributed by atoms with Crippen molar-refractivity contribution in [3.63, 3.8) is 0 Å². The molecule has 9 heavy (non-hydrogen) atoms. The SMILES string of the molecule is C.C.CC.N=O.OOO. The Bertz CT molecular complexity index is 16.5. The summed E-state index contributed by atoms with van der Waals surface area (Å²) in [6, 6.07) is 0. The van der Waals surface area contributed by atoms with E-state index in [-0.39, 0.29) is 14.9 Å². The van der Waals surface area contributed by atoms with Gasteiger partial charge in [0.1, 0.15) is 0 Å². The Morgan fingerprint density at radius 3 is 1.11 bits per heavy atom. The van der Waals surface area contributed by atoms with E-state index in [1.165, 1.54) is 0 Å². The van der Waals surface area contributed by atoms with Gasteiger partial charge in [-0.3, -0.25) is 0 Å². The monoisotopic (exact) mass is 143 g/mol. The van der Waals surface area contributed by atoms with Gasteiger partial charge >= 0.3 is 0 Å². The van der Waals surface area contributed by atoms with E-state index in [1.807, 2.05) is 13.8 Å². The minimum absolute atomic E-state index is 0. The number of nitrogens with one attached hydrogen (secondary N) is 1. The van der Waals surface area contributed by atoms with Gasteiger partial charge in [-0.15, -0.1) is 0 Å². The van der Waals surface area contributed by atoms with Gasteiger partial charge in [0, 0.05) is 0 Å². The topological polar surface area (TPSA) is 90.6 Å². The molecule has 0 aliphatic heterocycles. The van der Waals surface area contributed by atoms with Crippen LogP contribution in [0.2, 0.25) is 0 Å². The van der Waals surface area contributed by atoms with Crippen molar-refractivity contribution in [3.8, 4) is 0 Å². The standard InChI is InChI=1S/C2H6.2CH4.HNO.H2O3/c1-2;;;1-2;1-3-2/h1-2H3;2*1H4;1H;1-2H. The Morgan fingerprint density at radius 2 is 1.11 bits per heavy atom. The molecule has 0 saturated carbocycles. The quantitative estimate of drug-likeness (QED) is 0.276. The molecule has 3 N–H and O–H groups in total. The molecule has 0 amide bonds. The molecule has 0 aliphatic rings. The number of hydrogen-bond donors (Lipinski definition) is 3. The first kappa shape index (κ1) is 39.2. The van der Waals surface area contributed by atoms with Crippen LogP contribution in [-0.2, 0) is 5.04 Å². The van der Waals surface area contributed by atoms with Crippen molar-refractivity contribution in [2.45, 2.75) is 28.7 Å². The molecule has 0 aliphatic carbocycles. The zero-order valence-electron chi connectivity index (χ0n) is 4.21. The molecule has 0 bridgehead atoms. The minimum Gasteiger partial charge on any atom is -0.221 e. The van der Waals surface area contributed by atoms with Gasteiger partial charge in [0.05, 0.1) is 0 Å². The Hall–Kier alpha value is -0.520. The second kappa shape index (κ2) is 1360. The van der Waals surface area contributed by atoms with Gasteiger partial charge in [0.15, 0.2) is 0 Å². The smallest absolute Gasteiger partial charge is 0.0683 e. The van der Waals surface area contributed by atoms with Crippen LogP contribution >= 0.6 is 0 Å². The molecule has 0 aromatic heterocycles. The third-order valence-electron chi connectivity index (χ3n) is 0. The molecule has 0 rings (SSSR count). The van der Waals surface area contributed by atoms with Crippen LogP contribution in [0.25, 0.3) is 0 Å². The molecule has 0 aromatic carbocycles. The maximum absolute atomic E-state index is 7.50. The Labute approximate surface area is 55.9 Å². The highest BCUT2D eigenvalue weighted by molar-refractivity contribution is 3.63. The predicted octanol–water partition coefficient (Wildman–Crippen LogP) is 2.58. The minimum atomic E-state index is 0. The molecule has 5 nitrogen and oxygen atoms in total. The van der Waals surface area contributed by atoms with Crippen molar-refractivity contribution in [1.29, 1.82) is 5.59 Å². The predicted molar refractivity (Wildman–Crippen MR) is 37.2 cm³/mol. The lowest BCUT2D eigenvalue weighted by Gasteiger charge is -1.56. The molecule has 0 unspecified atom stereocenters. The van der Waals surface area contributed by atoms with Crippen LogP contribution in [0.4, 0.5) is 0 Å². The van der Waals surface area contributed by atoms with Crippen LogP contribution in [0.1, 0.15) is 28.7 Å². The van der Waals surface area contributed by atoms with E-state index in [2.05, 4.69) is 10.6 Å². The summed E-state index contributed by atoms with van der Waals surface area (Å²) in [5.74, 6) is 0. The second-order valence-electron chi connectivity index (χ2n) is 0.0816. The molecule has 5 heteroatoms. The summed E-state index contributed by atoms with van der Waals surface area (Å²) in [7, 11) is 0. The normalized spacial score (nSPS) is 3.11. The summed E-state index contributed by atoms with van der Waals surface area (Å²) >= 11 is 0. The molecule has 0 atom stereocenters. The number of hydrogen-bond acceptors (Lipinski definition) is 5. The summed E-state index contributed by atoms with van der Waals surface area (Å²) in [4.78, 5) is 7.50. The lowest BCUT2D eigenvalue weighted by Crippen LogP contribution is -1.60. The van der Waals surface area contributed by atoms with Crippen LogP contribution < -0.4 is 0 Å². The lowest BCUT2D eigenvalue weighted by atomic mass is 11.0. The fourth-order valence-electron chi connectivity index (χ4n) is 0. The summed E-state index contributed by atoms with van der Waals surface area (Å²) in [6.07, 6.45) is 0. The largest absolute Gasteiger partial charge is 0.221 e. The first-order chi connectivity index (χ1) is 3.41. The highest BCUT2D eigenvalue weighted by Gasteiger charge is 1.27. The second-order valence-corrected chi connectivity index (χ2v) is 0.0816. The van der Waals surface area contributed by atoms with Crippen molar-refractivity contribution in [2.24, 2.45) is 0 Å². The van der Waals surface area contributed by atoms with E-state index >= 15 is 0 Å².